The van der Waals surface area contributed by atoms with Crippen LogP contribution < -0.4 is 10.2 Å². The van der Waals surface area contributed by atoms with Crippen LogP contribution in [0.4, 0.5) is 11.4 Å². The molecule has 3 saturated heterocycles. The average Bonchev–Trinajstić information content (AvgIpc) is 3.50. The van der Waals surface area contributed by atoms with E-state index in [0.29, 0.717) is 5.69 Å². The van der Waals surface area contributed by atoms with Crippen molar-refractivity contribution in [2.45, 2.75) is 76.5 Å². The third-order valence-corrected chi connectivity index (χ3v) is 11.2. The van der Waals surface area contributed by atoms with E-state index in [1.54, 1.807) is 23.6 Å². The third-order valence-electron chi connectivity index (χ3n) is 9.10. The second kappa shape index (κ2) is 11.5. The highest BCUT2D eigenvalue weighted by Crippen LogP contribution is 2.69. The number of rotatable bonds is 11. The molecule has 1 aromatic rings. The molecule has 0 aliphatic carbocycles. The summed E-state index contributed by atoms with van der Waals surface area (Å²) in [6, 6.07) is 6.47. The summed E-state index contributed by atoms with van der Waals surface area (Å²) < 4.78 is 4.68. The highest BCUT2D eigenvalue weighted by atomic mass is 32.2. The van der Waals surface area contributed by atoms with E-state index in [9.17, 15) is 19.5 Å². The second-order valence-electron chi connectivity index (χ2n) is 10.9. The normalized spacial score (nSPS) is 31.2. The molecule has 210 valence electrons. The van der Waals surface area contributed by atoms with E-state index in [-0.39, 0.29) is 48.1 Å². The summed E-state index contributed by atoms with van der Waals surface area (Å²) in [6.45, 7) is 13.9. The van der Waals surface area contributed by atoms with E-state index < -0.39 is 28.7 Å². The van der Waals surface area contributed by atoms with E-state index in [1.807, 2.05) is 38.1 Å². The Morgan fingerprint density at radius 1 is 1.21 bits per heavy atom. The molecular weight excluding hydrogens is 502 g/mol. The average molecular weight is 546 g/mol. The Hall–Kier alpha value is -2.26. The lowest BCUT2D eigenvalue weighted by atomic mass is 9.66. The first-order valence-corrected chi connectivity index (χ1v) is 15.0. The van der Waals surface area contributed by atoms with Gasteiger partial charge in [0.05, 0.1) is 35.8 Å². The van der Waals surface area contributed by atoms with Gasteiger partial charge < -0.3 is 25.0 Å². The number of nitrogens with one attached hydrogen (secondary N) is 1. The quantitative estimate of drug-likeness (QED) is 0.408. The van der Waals surface area contributed by atoms with Gasteiger partial charge in [0.2, 0.25) is 11.8 Å². The standard InChI is InChI=1S/C29H43N3O5S/c1-7-17(5)21(16-33)32-25(26(34)30-19-11-13-20(14-12-19)31(8-2)9-3)29-18(6)15-22(38-29)23(24(29)27(32)35)28(36)37-10-4/h11-14,17-18,21-25,33H,7-10,15-16H2,1-6H3,(H,30,34)/t17-,18?,21-,22-,23+,24-,25?,29?/m0/s1. The van der Waals surface area contributed by atoms with Gasteiger partial charge in [0, 0.05) is 29.7 Å². The number of aliphatic hydroxyl groups excluding tert-OH is 1. The Kier molecular flexibility index (Phi) is 8.67. The minimum atomic E-state index is -0.793. The number of hydrogen-bond acceptors (Lipinski definition) is 7. The van der Waals surface area contributed by atoms with Gasteiger partial charge in [-0.2, -0.15) is 0 Å². The number of nitrogens with zero attached hydrogens (tertiary/aromatic N) is 2. The molecule has 4 rings (SSSR count). The SMILES string of the molecule is CCOC(=O)[C@@H]1[C@@H]2CC(C)C3(S2)C(C(=O)Nc2ccc(N(CC)CC)cc2)N([C@@H](CO)[C@@H](C)CC)C(=O)[C@H]13. The van der Waals surface area contributed by atoms with Crippen LogP contribution in [-0.2, 0) is 19.1 Å². The number of aliphatic hydroxyl groups is 1. The van der Waals surface area contributed by atoms with Crippen molar-refractivity contribution in [3.63, 3.8) is 0 Å². The largest absolute Gasteiger partial charge is 0.466 e. The van der Waals surface area contributed by atoms with Crippen molar-refractivity contribution in [3.8, 4) is 0 Å². The number of fused-ring (bicyclic) bond motifs is 1. The number of hydrogen-bond donors (Lipinski definition) is 2. The van der Waals surface area contributed by atoms with Crippen molar-refractivity contribution in [1.82, 2.24) is 4.90 Å². The van der Waals surface area contributed by atoms with Crippen LogP contribution in [0.2, 0.25) is 0 Å². The maximum atomic E-state index is 14.2. The maximum Gasteiger partial charge on any atom is 0.310 e. The summed E-state index contributed by atoms with van der Waals surface area (Å²) in [4.78, 5) is 45.4. The van der Waals surface area contributed by atoms with Gasteiger partial charge in [0.15, 0.2) is 0 Å². The summed E-state index contributed by atoms with van der Waals surface area (Å²) in [5.74, 6) is -1.99. The van der Waals surface area contributed by atoms with E-state index >= 15 is 0 Å². The lowest BCUT2D eigenvalue weighted by Gasteiger charge is -2.41. The van der Waals surface area contributed by atoms with Gasteiger partial charge in [-0.3, -0.25) is 14.4 Å². The van der Waals surface area contributed by atoms with Gasteiger partial charge in [-0.05, 0) is 63.3 Å². The Labute approximate surface area is 230 Å². The number of carbonyl (C=O) groups is 3. The molecule has 3 fully saturated rings. The minimum Gasteiger partial charge on any atom is -0.466 e. The Morgan fingerprint density at radius 2 is 1.87 bits per heavy atom. The predicted molar refractivity (Wildman–Crippen MR) is 151 cm³/mol. The smallest absolute Gasteiger partial charge is 0.310 e. The van der Waals surface area contributed by atoms with Crippen LogP contribution in [0.15, 0.2) is 24.3 Å². The predicted octanol–water partition coefficient (Wildman–Crippen LogP) is 3.78. The molecule has 2 amide bonds. The van der Waals surface area contributed by atoms with Crippen molar-refractivity contribution in [3.05, 3.63) is 24.3 Å². The van der Waals surface area contributed by atoms with E-state index in [2.05, 4.69) is 31.0 Å². The molecular formula is C29H43N3O5S. The lowest BCUT2D eigenvalue weighted by molar-refractivity contribution is -0.154. The molecule has 0 aromatic heterocycles. The molecule has 8 atom stereocenters. The molecule has 0 radical (unpaired) electrons. The zero-order valence-electron chi connectivity index (χ0n) is 23.5. The molecule has 1 aromatic carbocycles. The zero-order valence-corrected chi connectivity index (χ0v) is 24.3. The van der Waals surface area contributed by atoms with Crippen LogP contribution in [0.25, 0.3) is 0 Å². The second-order valence-corrected chi connectivity index (χ2v) is 12.4. The van der Waals surface area contributed by atoms with E-state index in [0.717, 1.165) is 31.6 Å². The molecule has 0 saturated carbocycles. The third kappa shape index (κ3) is 4.49. The fraction of sp³-hybridized carbons (Fsp3) is 0.690. The van der Waals surface area contributed by atoms with Crippen molar-refractivity contribution in [2.24, 2.45) is 23.7 Å². The summed E-state index contributed by atoms with van der Waals surface area (Å²) >= 11 is 1.62. The number of carbonyl (C=O) groups excluding carboxylic acids is 3. The first-order chi connectivity index (χ1) is 18.2. The summed E-state index contributed by atoms with van der Waals surface area (Å²) in [6.07, 6.45) is 1.50. The monoisotopic (exact) mass is 545 g/mol. The first-order valence-electron chi connectivity index (χ1n) is 14.1. The molecule has 38 heavy (non-hydrogen) atoms. The molecule has 9 heteroatoms. The fourth-order valence-electron chi connectivity index (χ4n) is 6.99. The number of esters is 1. The number of thioether (sulfide) groups is 1. The van der Waals surface area contributed by atoms with Crippen molar-refractivity contribution in [1.29, 1.82) is 0 Å². The molecule has 3 unspecified atom stereocenters. The van der Waals surface area contributed by atoms with Gasteiger partial charge in [-0.1, -0.05) is 27.2 Å². The summed E-state index contributed by atoms with van der Waals surface area (Å²) in [7, 11) is 0. The van der Waals surface area contributed by atoms with Gasteiger partial charge in [0.1, 0.15) is 6.04 Å². The number of anilines is 2. The van der Waals surface area contributed by atoms with Crippen LogP contribution in [0.1, 0.15) is 54.4 Å². The van der Waals surface area contributed by atoms with Crippen molar-refractivity contribution < 1.29 is 24.2 Å². The van der Waals surface area contributed by atoms with Crippen LogP contribution in [0.5, 0.6) is 0 Å². The van der Waals surface area contributed by atoms with E-state index in [4.69, 9.17) is 4.74 Å². The van der Waals surface area contributed by atoms with Crippen LogP contribution in [0.3, 0.4) is 0 Å². The number of amides is 2. The molecule has 3 aliphatic heterocycles. The number of likely N-dealkylation sites (tertiary alicyclic amines) is 1. The Balaban J connectivity index is 1.73. The van der Waals surface area contributed by atoms with Crippen molar-refractivity contribution >= 4 is 40.9 Å². The molecule has 8 nitrogen and oxygen atoms in total. The van der Waals surface area contributed by atoms with E-state index in [1.165, 1.54) is 0 Å². The molecule has 3 aliphatic rings. The lowest BCUT2D eigenvalue weighted by Crippen LogP contribution is -2.58. The van der Waals surface area contributed by atoms with Gasteiger partial charge in [-0.25, -0.2) is 0 Å². The van der Waals surface area contributed by atoms with Crippen LogP contribution in [-0.4, -0.2) is 76.2 Å². The Morgan fingerprint density at radius 3 is 2.42 bits per heavy atom. The molecule has 1 spiro atoms. The molecule has 3 heterocycles. The highest BCUT2D eigenvalue weighted by Gasteiger charge is 2.77. The maximum absolute atomic E-state index is 14.2. The van der Waals surface area contributed by atoms with Crippen LogP contribution in [0, 0.1) is 23.7 Å². The zero-order chi connectivity index (χ0) is 27.8. The highest BCUT2D eigenvalue weighted by molar-refractivity contribution is 8.02. The number of benzene rings is 1. The fourth-order valence-corrected chi connectivity index (χ4v) is 9.39. The summed E-state index contributed by atoms with van der Waals surface area (Å²) in [5.41, 5.74) is 1.74. The van der Waals surface area contributed by atoms with Gasteiger partial charge in [0.25, 0.3) is 0 Å². The van der Waals surface area contributed by atoms with Crippen molar-refractivity contribution in [2.75, 3.05) is 36.5 Å². The topological polar surface area (TPSA) is 99.2 Å². The number of ether oxygens (including phenoxy) is 1. The van der Waals surface area contributed by atoms with Gasteiger partial charge in [-0.15, -0.1) is 11.8 Å². The first kappa shape index (κ1) is 28.7. The summed E-state index contributed by atoms with van der Waals surface area (Å²) in [5, 5.41) is 13.5. The minimum absolute atomic E-state index is 0.0126. The molecule has 2 N–H and O–H groups in total. The molecule has 2 bridgehead atoms. The van der Waals surface area contributed by atoms with Gasteiger partial charge >= 0.3 is 5.97 Å². The Bertz CT molecular complexity index is 1030. The van der Waals surface area contributed by atoms with Crippen LogP contribution >= 0.6 is 11.8 Å².